The Labute approximate surface area is 170 Å². The number of amides is 1. The number of carbonyl (C=O) groups excluding carboxylic acids is 1. The molecule has 0 unspecified atom stereocenters. The van der Waals surface area contributed by atoms with Crippen LogP contribution >= 0.6 is 0 Å². The summed E-state index contributed by atoms with van der Waals surface area (Å²) in [7, 11) is -7.87. The Hall–Kier alpha value is -2.21. The number of nitro groups is 1. The Kier molecular flexibility index (Phi) is 7.22. The summed E-state index contributed by atoms with van der Waals surface area (Å²) in [5.41, 5.74) is -1.17. The molecule has 0 bridgehead atoms. The van der Waals surface area contributed by atoms with Crippen LogP contribution in [0.5, 0.6) is 0 Å². The first-order valence-corrected chi connectivity index (χ1v) is 12.7. The van der Waals surface area contributed by atoms with Crippen LogP contribution in [0.2, 0.25) is 0 Å². The van der Waals surface area contributed by atoms with E-state index in [2.05, 4.69) is 10.0 Å². The molecule has 0 saturated heterocycles. The van der Waals surface area contributed by atoms with Gasteiger partial charge in [0.05, 0.1) is 27.0 Å². The van der Waals surface area contributed by atoms with Gasteiger partial charge in [0, 0.05) is 12.5 Å². The highest BCUT2D eigenvalue weighted by Crippen LogP contribution is 2.39. The van der Waals surface area contributed by atoms with Gasteiger partial charge in [-0.05, 0) is 25.3 Å². The average Bonchev–Trinajstić information content (AvgIpc) is 3.13. The second-order valence-corrected chi connectivity index (χ2v) is 11.0. The van der Waals surface area contributed by atoms with Crippen molar-refractivity contribution < 1.29 is 26.6 Å². The number of unbranched alkanes of at least 4 members (excludes halogenated alkanes) is 1. The van der Waals surface area contributed by atoms with Crippen molar-refractivity contribution in [3.05, 3.63) is 22.2 Å². The van der Waals surface area contributed by atoms with Crippen LogP contribution in [0, 0.1) is 10.1 Å². The predicted octanol–water partition coefficient (Wildman–Crippen LogP) is 2.81. The van der Waals surface area contributed by atoms with Crippen LogP contribution in [0.25, 0.3) is 0 Å². The Morgan fingerprint density at radius 2 is 1.79 bits per heavy atom. The van der Waals surface area contributed by atoms with Crippen molar-refractivity contribution >= 4 is 42.8 Å². The number of nitro benzene ring substituents is 1. The van der Waals surface area contributed by atoms with E-state index in [9.17, 15) is 31.7 Å². The van der Waals surface area contributed by atoms with Crippen molar-refractivity contribution in [2.45, 2.75) is 62.0 Å². The minimum atomic E-state index is -4.00. The first-order chi connectivity index (χ1) is 13.5. The van der Waals surface area contributed by atoms with E-state index in [1.165, 1.54) is 0 Å². The number of carbonyl (C=O) groups is 1. The van der Waals surface area contributed by atoms with Crippen LogP contribution in [-0.4, -0.2) is 39.2 Å². The van der Waals surface area contributed by atoms with Crippen LogP contribution in [0.1, 0.15) is 51.9 Å². The number of sulfonamides is 1. The molecule has 29 heavy (non-hydrogen) atoms. The van der Waals surface area contributed by atoms with E-state index in [4.69, 9.17) is 0 Å². The second kappa shape index (κ2) is 9.08. The number of rotatable bonds is 9. The van der Waals surface area contributed by atoms with Crippen LogP contribution < -0.4 is 10.0 Å². The fraction of sp³-hybridized carbons (Fsp3) is 0.588. The molecule has 0 atom stereocenters. The van der Waals surface area contributed by atoms with Gasteiger partial charge in [-0.25, -0.2) is 16.8 Å². The lowest BCUT2D eigenvalue weighted by Crippen LogP contribution is -2.22. The lowest BCUT2D eigenvalue weighted by atomic mass is 10.2. The quantitative estimate of drug-likeness (QED) is 0.436. The number of hydrogen-bond donors (Lipinski definition) is 2. The molecule has 0 aliphatic heterocycles. The largest absolute Gasteiger partial charge is 0.320 e. The van der Waals surface area contributed by atoms with E-state index < -0.39 is 46.5 Å². The molecule has 0 radical (unpaired) electrons. The molecule has 0 heterocycles. The molecule has 2 N–H and O–H groups in total. The highest BCUT2D eigenvalue weighted by Gasteiger charge is 2.35. The molecule has 1 fully saturated rings. The maximum Gasteiger partial charge on any atom is 0.294 e. The molecule has 1 saturated carbocycles. The van der Waals surface area contributed by atoms with Crippen LogP contribution in [-0.2, 0) is 24.7 Å². The van der Waals surface area contributed by atoms with Gasteiger partial charge in [0.15, 0.2) is 9.84 Å². The van der Waals surface area contributed by atoms with Crippen LogP contribution in [0.4, 0.5) is 17.1 Å². The summed E-state index contributed by atoms with van der Waals surface area (Å²) in [4.78, 5) is 22.3. The standard InChI is InChI=1S/C17H25N3O7S2/c1-3-4-9-17(21)18-13-10-14(19-28(2,24)25)16(11-15(13)20(22)23)29(26,27)12-7-5-6-8-12/h10-12,19H,3-9H2,1-2H3,(H,18,21). The van der Waals surface area contributed by atoms with Gasteiger partial charge in [-0.3, -0.25) is 19.6 Å². The summed E-state index contributed by atoms with van der Waals surface area (Å²) in [6.45, 7) is 1.88. The third-order valence-electron chi connectivity index (χ3n) is 4.67. The van der Waals surface area contributed by atoms with Crippen LogP contribution in [0.3, 0.4) is 0 Å². The smallest absolute Gasteiger partial charge is 0.294 e. The van der Waals surface area contributed by atoms with Gasteiger partial charge >= 0.3 is 0 Å². The topological polar surface area (TPSA) is 153 Å². The minimum absolute atomic E-state index is 0.130. The average molecular weight is 448 g/mol. The van der Waals surface area contributed by atoms with E-state index in [0.29, 0.717) is 32.1 Å². The number of benzene rings is 1. The van der Waals surface area contributed by atoms with Crippen molar-refractivity contribution in [1.82, 2.24) is 0 Å². The molecule has 0 spiro atoms. The molecule has 162 valence electrons. The van der Waals surface area contributed by atoms with Crippen molar-refractivity contribution in [2.24, 2.45) is 0 Å². The number of anilines is 2. The normalized spacial score (nSPS) is 15.2. The summed E-state index contributed by atoms with van der Waals surface area (Å²) in [6.07, 6.45) is 4.54. The molecule has 10 nitrogen and oxygen atoms in total. The highest BCUT2D eigenvalue weighted by atomic mass is 32.2. The zero-order chi connectivity index (χ0) is 21.8. The summed E-state index contributed by atoms with van der Waals surface area (Å²) in [5.74, 6) is -0.480. The van der Waals surface area contributed by atoms with Gasteiger partial charge in [0.2, 0.25) is 15.9 Å². The third-order valence-corrected chi connectivity index (χ3v) is 7.56. The lowest BCUT2D eigenvalue weighted by Gasteiger charge is -2.17. The van der Waals surface area contributed by atoms with E-state index in [-0.39, 0.29) is 17.8 Å². The van der Waals surface area contributed by atoms with E-state index in [1.807, 2.05) is 6.92 Å². The van der Waals surface area contributed by atoms with E-state index in [1.54, 1.807) is 0 Å². The van der Waals surface area contributed by atoms with Crippen molar-refractivity contribution in [3.8, 4) is 0 Å². The van der Waals surface area contributed by atoms with Crippen molar-refractivity contribution in [3.63, 3.8) is 0 Å². The Morgan fingerprint density at radius 3 is 2.31 bits per heavy atom. The Balaban J connectivity index is 2.61. The molecule has 1 amide bonds. The van der Waals surface area contributed by atoms with Crippen molar-refractivity contribution in [2.75, 3.05) is 16.3 Å². The number of nitrogens with one attached hydrogen (secondary N) is 2. The van der Waals surface area contributed by atoms with Gasteiger partial charge in [-0.15, -0.1) is 0 Å². The third kappa shape index (κ3) is 5.89. The molecule has 1 aromatic carbocycles. The predicted molar refractivity (Wildman–Crippen MR) is 109 cm³/mol. The first kappa shape index (κ1) is 23.1. The first-order valence-electron chi connectivity index (χ1n) is 9.29. The second-order valence-electron chi connectivity index (χ2n) is 7.10. The Morgan fingerprint density at radius 1 is 1.17 bits per heavy atom. The van der Waals surface area contributed by atoms with Gasteiger partial charge in [0.25, 0.3) is 5.69 Å². The summed E-state index contributed by atoms with van der Waals surface area (Å²) < 4.78 is 51.7. The zero-order valence-electron chi connectivity index (χ0n) is 16.3. The summed E-state index contributed by atoms with van der Waals surface area (Å²) in [5, 5.41) is 13.2. The molecule has 1 aliphatic carbocycles. The number of hydrogen-bond acceptors (Lipinski definition) is 7. The minimum Gasteiger partial charge on any atom is -0.320 e. The monoisotopic (exact) mass is 447 g/mol. The SMILES string of the molecule is CCCCC(=O)Nc1cc(NS(C)(=O)=O)c(S(=O)(=O)C2CCCC2)cc1[N+](=O)[O-]. The van der Waals surface area contributed by atoms with Gasteiger partial charge in [0.1, 0.15) is 5.69 Å². The maximum atomic E-state index is 13.0. The maximum absolute atomic E-state index is 13.0. The molecule has 1 aliphatic rings. The molecule has 2 rings (SSSR count). The molecular formula is C17H25N3O7S2. The number of nitrogens with zero attached hydrogens (tertiary/aromatic N) is 1. The van der Waals surface area contributed by atoms with E-state index in [0.717, 1.165) is 24.8 Å². The fourth-order valence-corrected chi connectivity index (χ4v) is 5.90. The summed E-state index contributed by atoms with van der Waals surface area (Å²) in [6, 6.07) is 1.83. The highest BCUT2D eigenvalue weighted by molar-refractivity contribution is 7.93. The fourth-order valence-electron chi connectivity index (χ4n) is 3.26. The van der Waals surface area contributed by atoms with E-state index >= 15 is 0 Å². The van der Waals surface area contributed by atoms with Gasteiger partial charge in [-0.1, -0.05) is 26.2 Å². The summed E-state index contributed by atoms with van der Waals surface area (Å²) >= 11 is 0. The Bertz CT molecular complexity index is 998. The van der Waals surface area contributed by atoms with Crippen molar-refractivity contribution in [1.29, 1.82) is 0 Å². The molecule has 0 aromatic heterocycles. The molecular weight excluding hydrogens is 422 g/mol. The van der Waals surface area contributed by atoms with Gasteiger partial charge < -0.3 is 5.32 Å². The lowest BCUT2D eigenvalue weighted by molar-refractivity contribution is -0.384. The van der Waals surface area contributed by atoms with Gasteiger partial charge in [-0.2, -0.15) is 0 Å². The number of sulfone groups is 1. The zero-order valence-corrected chi connectivity index (χ0v) is 17.9. The van der Waals surface area contributed by atoms with Crippen LogP contribution in [0.15, 0.2) is 17.0 Å². The molecule has 1 aromatic rings. The molecule has 12 heteroatoms.